The Balaban J connectivity index is 1.86. The summed E-state index contributed by atoms with van der Waals surface area (Å²) in [6.07, 6.45) is 3.07. The summed E-state index contributed by atoms with van der Waals surface area (Å²) in [4.78, 5) is 45.4. The summed E-state index contributed by atoms with van der Waals surface area (Å²) in [6, 6.07) is 11.4. The summed E-state index contributed by atoms with van der Waals surface area (Å²) in [6.45, 7) is 12.8. The highest BCUT2D eigenvalue weighted by Crippen LogP contribution is 2.44. The lowest BCUT2D eigenvalue weighted by Gasteiger charge is -2.23. The van der Waals surface area contributed by atoms with E-state index in [1.54, 1.807) is 50.3 Å². The van der Waals surface area contributed by atoms with Crippen LogP contribution >= 0.6 is 11.3 Å². The predicted octanol–water partition coefficient (Wildman–Crippen LogP) is 5.60. The number of ether oxygens (including phenoxy) is 2. The number of anilines is 1. The predicted molar refractivity (Wildman–Crippen MR) is 150 cm³/mol. The van der Waals surface area contributed by atoms with Crippen molar-refractivity contribution in [1.82, 2.24) is 4.98 Å². The number of aromatic nitrogens is 1. The molecule has 3 aromatic rings. The fraction of sp³-hybridized carbons (Fsp3) is 0.200. The number of hydrogen-bond acceptors (Lipinski definition) is 8. The summed E-state index contributed by atoms with van der Waals surface area (Å²) >= 11 is 0.949. The monoisotopic (exact) mass is 544 g/mol. The van der Waals surface area contributed by atoms with Gasteiger partial charge < -0.3 is 14.6 Å². The zero-order valence-corrected chi connectivity index (χ0v) is 22.7. The molecule has 8 nitrogen and oxygen atoms in total. The van der Waals surface area contributed by atoms with Gasteiger partial charge in [0.05, 0.1) is 17.3 Å². The molecule has 1 aromatic heterocycles. The van der Waals surface area contributed by atoms with Crippen molar-refractivity contribution in [1.29, 1.82) is 0 Å². The van der Waals surface area contributed by atoms with Crippen molar-refractivity contribution in [3.63, 3.8) is 0 Å². The van der Waals surface area contributed by atoms with Crippen LogP contribution in [0.5, 0.6) is 5.75 Å². The molecule has 0 spiro atoms. The largest absolute Gasteiger partial charge is 0.507 e. The van der Waals surface area contributed by atoms with Crippen LogP contribution in [0.4, 0.5) is 5.13 Å². The molecule has 1 atom stereocenters. The highest BCUT2D eigenvalue weighted by atomic mass is 32.1. The molecule has 1 saturated heterocycles. The molecule has 2 heterocycles. The Morgan fingerprint density at radius 1 is 1.08 bits per heavy atom. The number of ketones is 1. The van der Waals surface area contributed by atoms with E-state index < -0.39 is 23.7 Å². The van der Waals surface area contributed by atoms with Gasteiger partial charge >= 0.3 is 11.9 Å². The molecular formula is C30H28N2O6S. The SMILES string of the molecule is C=CCOC(=O)c1sc(N2C(=O)C(=O)C(=C(O)c3ccc(OCC=C)cc3C)[C@@H]2c2ccc(C)cc2)nc1C. The third-order valence-electron chi connectivity index (χ3n) is 6.17. The molecule has 1 aliphatic rings. The van der Waals surface area contributed by atoms with Crippen LogP contribution in [0.2, 0.25) is 0 Å². The number of esters is 1. The second kappa shape index (κ2) is 11.5. The Bertz CT molecular complexity index is 1500. The summed E-state index contributed by atoms with van der Waals surface area (Å²) < 4.78 is 10.7. The summed E-state index contributed by atoms with van der Waals surface area (Å²) in [5, 5.41) is 11.6. The lowest BCUT2D eigenvalue weighted by Crippen LogP contribution is -2.29. The van der Waals surface area contributed by atoms with Crippen molar-refractivity contribution in [2.45, 2.75) is 26.8 Å². The number of rotatable bonds is 9. The number of Topliss-reactive ketones (excluding diaryl/α,β-unsaturated/α-hetero) is 1. The molecule has 4 rings (SSSR count). The average Bonchev–Trinajstić information content (AvgIpc) is 3.42. The van der Waals surface area contributed by atoms with E-state index in [4.69, 9.17) is 9.47 Å². The summed E-state index contributed by atoms with van der Waals surface area (Å²) in [5.41, 5.74) is 2.92. The minimum absolute atomic E-state index is 0.0240. The number of carbonyl (C=O) groups is 3. The van der Waals surface area contributed by atoms with E-state index in [-0.39, 0.29) is 27.9 Å². The number of amides is 1. The van der Waals surface area contributed by atoms with Gasteiger partial charge in [0.15, 0.2) is 5.13 Å². The van der Waals surface area contributed by atoms with Gasteiger partial charge in [-0.25, -0.2) is 9.78 Å². The van der Waals surface area contributed by atoms with Gasteiger partial charge in [0.25, 0.3) is 5.78 Å². The number of carbonyl (C=O) groups excluding carboxylic acids is 3. The third-order valence-corrected chi connectivity index (χ3v) is 7.30. The van der Waals surface area contributed by atoms with Crippen molar-refractivity contribution in [2.75, 3.05) is 18.1 Å². The Hall–Kier alpha value is -4.50. The zero-order valence-electron chi connectivity index (χ0n) is 21.9. The van der Waals surface area contributed by atoms with Crippen LogP contribution in [0.1, 0.15) is 43.7 Å². The van der Waals surface area contributed by atoms with Crippen LogP contribution in [0, 0.1) is 20.8 Å². The highest BCUT2D eigenvalue weighted by Gasteiger charge is 2.48. The van der Waals surface area contributed by atoms with Crippen LogP contribution in [-0.4, -0.2) is 41.0 Å². The van der Waals surface area contributed by atoms with Gasteiger partial charge in [-0.15, -0.1) is 0 Å². The number of benzene rings is 2. The standard InChI is InChI=1S/C30H28N2O6S/c1-6-14-37-21-12-13-22(18(4)16-21)25(33)23-24(20-10-8-17(3)9-11-20)32(28(35)26(23)34)30-31-19(5)27(39-30)29(36)38-15-7-2/h6-13,16,24,33H,1-2,14-15H2,3-5H3/t24-/m0/s1. The van der Waals surface area contributed by atoms with Gasteiger partial charge in [0.2, 0.25) is 0 Å². The molecule has 2 aromatic carbocycles. The molecule has 0 unspecified atom stereocenters. The Morgan fingerprint density at radius 3 is 2.41 bits per heavy atom. The molecule has 0 bridgehead atoms. The quantitative estimate of drug-likeness (QED) is 0.123. The lowest BCUT2D eigenvalue weighted by molar-refractivity contribution is -0.132. The first-order valence-electron chi connectivity index (χ1n) is 12.2. The van der Waals surface area contributed by atoms with E-state index in [0.29, 0.717) is 34.7 Å². The molecule has 0 aliphatic carbocycles. The zero-order chi connectivity index (χ0) is 28.3. The summed E-state index contributed by atoms with van der Waals surface area (Å²) in [7, 11) is 0. The van der Waals surface area contributed by atoms with Crippen molar-refractivity contribution in [2.24, 2.45) is 0 Å². The molecule has 1 amide bonds. The van der Waals surface area contributed by atoms with Crippen LogP contribution in [0.15, 0.2) is 73.3 Å². The van der Waals surface area contributed by atoms with Gasteiger partial charge in [-0.2, -0.15) is 0 Å². The van der Waals surface area contributed by atoms with Crippen molar-refractivity contribution in [3.05, 3.63) is 106 Å². The van der Waals surface area contributed by atoms with Gasteiger partial charge in [0.1, 0.15) is 29.6 Å². The normalized spacial score (nSPS) is 16.3. The third kappa shape index (κ3) is 5.39. The maximum atomic E-state index is 13.5. The van der Waals surface area contributed by atoms with Crippen LogP contribution in [-0.2, 0) is 14.3 Å². The number of aryl methyl sites for hydroxylation is 3. The van der Waals surface area contributed by atoms with Crippen LogP contribution in [0.25, 0.3) is 5.76 Å². The molecule has 200 valence electrons. The first kappa shape index (κ1) is 27.5. The number of aliphatic hydroxyl groups is 1. The molecule has 9 heteroatoms. The van der Waals surface area contributed by atoms with Crippen molar-refractivity contribution >= 4 is 39.9 Å². The van der Waals surface area contributed by atoms with Gasteiger partial charge in [-0.1, -0.05) is 66.5 Å². The van der Waals surface area contributed by atoms with Crippen molar-refractivity contribution in [3.8, 4) is 5.75 Å². The first-order valence-corrected chi connectivity index (χ1v) is 13.0. The number of hydrogen-bond donors (Lipinski definition) is 1. The average molecular weight is 545 g/mol. The van der Waals surface area contributed by atoms with Gasteiger partial charge in [-0.05, 0) is 50.1 Å². The molecule has 1 aliphatic heterocycles. The van der Waals surface area contributed by atoms with Crippen LogP contribution in [0.3, 0.4) is 0 Å². The van der Waals surface area contributed by atoms with Crippen molar-refractivity contribution < 1.29 is 29.0 Å². The van der Waals surface area contributed by atoms with E-state index in [9.17, 15) is 19.5 Å². The molecule has 1 N–H and O–H groups in total. The number of nitrogens with zero attached hydrogens (tertiary/aromatic N) is 2. The molecule has 0 radical (unpaired) electrons. The first-order chi connectivity index (χ1) is 18.7. The smallest absolute Gasteiger partial charge is 0.350 e. The van der Waals surface area contributed by atoms with Gasteiger partial charge in [-0.3, -0.25) is 14.5 Å². The summed E-state index contributed by atoms with van der Waals surface area (Å²) in [5.74, 6) is -2.05. The second-order valence-corrected chi connectivity index (χ2v) is 9.93. The van der Waals surface area contributed by atoms with E-state index >= 15 is 0 Å². The Labute approximate surface area is 230 Å². The highest BCUT2D eigenvalue weighted by molar-refractivity contribution is 7.17. The van der Waals surface area contributed by atoms with Crippen LogP contribution < -0.4 is 9.64 Å². The van der Waals surface area contributed by atoms with E-state index in [1.807, 2.05) is 19.1 Å². The van der Waals surface area contributed by atoms with E-state index in [1.165, 1.54) is 11.0 Å². The molecule has 39 heavy (non-hydrogen) atoms. The van der Waals surface area contributed by atoms with Gasteiger partial charge in [0, 0.05) is 5.56 Å². The Kier molecular flexibility index (Phi) is 8.11. The van der Waals surface area contributed by atoms with E-state index in [0.717, 1.165) is 16.9 Å². The topological polar surface area (TPSA) is 106 Å². The minimum atomic E-state index is -0.968. The molecule has 0 saturated carbocycles. The lowest BCUT2D eigenvalue weighted by atomic mass is 9.93. The Morgan fingerprint density at radius 2 is 1.77 bits per heavy atom. The maximum Gasteiger partial charge on any atom is 0.350 e. The maximum absolute atomic E-state index is 13.5. The minimum Gasteiger partial charge on any atom is -0.507 e. The fourth-order valence-electron chi connectivity index (χ4n) is 4.26. The molecule has 1 fully saturated rings. The number of thiazole rings is 1. The van der Waals surface area contributed by atoms with E-state index in [2.05, 4.69) is 18.1 Å². The molecular weight excluding hydrogens is 516 g/mol. The second-order valence-electron chi connectivity index (χ2n) is 8.95. The fourth-order valence-corrected chi connectivity index (χ4v) is 5.25. The number of aliphatic hydroxyl groups excluding tert-OH is 1.